The van der Waals surface area contributed by atoms with Crippen LogP contribution in [-0.2, 0) is 0 Å². The van der Waals surface area contributed by atoms with Gasteiger partial charge in [0.2, 0.25) is 0 Å². The Morgan fingerprint density at radius 1 is 1.04 bits per heavy atom. The van der Waals surface area contributed by atoms with Gasteiger partial charge in [0.15, 0.2) is 5.75 Å². The van der Waals surface area contributed by atoms with Crippen molar-refractivity contribution in [2.24, 2.45) is 0 Å². The third kappa shape index (κ3) is 4.41. The zero-order chi connectivity index (χ0) is 18.6. The van der Waals surface area contributed by atoms with E-state index >= 15 is 0 Å². The first-order valence-corrected chi connectivity index (χ1v) is 8.93. The molecule has 4 rings (SSSR count). The van der Waals surface area contributed by atoms with Gasteiger partial charge in [0.05, 0.1) is 5.69 Å². The lowest BCUT2D eigenvalue weighted by molar-refractivity contribution is 0.0945. The van der Waals surface area contributed by atoms with E-state index in [-0.39, 0.29) is 11.9 Å². The molecule has 2 N–H and O–H groups in total. The van der Waals surface area contributed by atoms with Crippen molar-refractivity contribution in [3.05, 3.63) is 72.2 Å². The van der Waals surface area contributed by atoms with Crippen molar-refractivity contribution in [3.63, 3.8) is 0 Å². The van der Waals surface area contributed by atoms with Crippen LogP contribution in [0.3, 0.4) is 0 Å². The molecule has 1 aliphatic rings. The van der Waals surface area contributed by atoms with Crippen molar-refractivity contribution < 1.29 is 9.53 Å². The van der Waals surface area contributed by atoms with E-state index in [0.717, 1.165) is 24.3 Å². The van der Waals surface area contributed by atoms with Gasteiger partial charge in [0, 0.05) is 12.1 Å². The van der Waals surface area contributed by atoms with Gasteiger partial charge in [-0.1, -0.05) is 30.3 Å². The Morgan fingerprint density at radius 3 is 2.56 bits per heavy atom. The molecule has 0 atom stereocenters. The van der Waals surface area contributed by atoms with E-state index in [4.69, 9.17) is 4.74 Å². The quantitative estimate of drug-likeness (QED) is 0.688. The predicted molar refractivity (Wildman–Crippen MR) is 103 cm³/mol. The summed E-state index contributed by atoms with van der Waals surface area (Å²) in [7, 11) is 0. The number of aromatic nitrogens is 2. The number of nitrogens with zero attached hydrogens (tertiary/aromatic N) is 2. The van der Waals surface area contributed by atoms with E-state index in [9.17, 15) is 4.79 Å². The third-order valence-electron chi connectivity index (χ3n) is 4.10. The molecule has 0 unspecified atom stereocenters. The van der Waals surface area contributed by atoms with Gasteiger partial charge in [-0.2, -0.15) is 0 Å². The molecule has 0 saturated heterocycles. The van der Waals surface area contributed by atoms with Crippen molar-refractivity contribution >= 4 is 17.4 Å². The number of hydrogen-bond acceptors (Lipinski definition) is 5. The van der Waals surface area contributed by atoms with Gasteiger partial charge in [-0.3, -0.25) is 4.79 Å². The van der Waals surface area contributed by atoms with E-state index < -0.39 is 0 Å². The minimum atomic E-state index is -0.167. The number of carbonyl (C=O) groups excluding carboxylic acids is 1. The minimum absolute atomic E-state index is 0.167. The molecule has 27 heavy (non-hydrogen) atoms. The third-order valence-corrected chi connectivity index (χ3v) is 4.10. The Morgan fingerprint density at radius 2 is 1.78 bits per heavy atom. The van der Waals surface area contributed by atoms with E-state index in [2.05, 4.69) is 20.6 Å². The monoisotopic (exact) mass is 360 g/mol. The van der Waals surface area contributed by atoms with E-state index in [1.54, 1.807) is 13.0 Å². The van der Waals surface area contributed by atoms with Crippen LogP contribution in [-0.4, -0.2) is 21.9 Å². The second kappa shape index (κ2) is 7.45. The second-order valence-electron chi connectivity index (χ2n) is 6.47. The van der Waals surface area contributed by atoms with Gasteiger partial charge in [0.25, 0.3) is 5.91 Å². The largest absolute Gasteiger partial charge is 0.455 e. The van der Waals surface area contributed by atoms with Gasteiger partial charge in [-0.25, -0.2) is 9.97 Å². The van der Waals surface area contributed by atoms with Crippen LogP contribution < -0.4 is 15.4 Å². The summed E-state index contributed by atoms with van der Waals surface area (Å²) < 4.78 is 5.97. The summed E-state index contributed by atoms with van der Waals surface area (Å²) in [5, 5.41) is 6.19. The van der Waals surface area contributed by atoms with Crippen molar-refractivity contribution in [1.82, 2.24) is 15.3 Å². The van der Waals surface area contributed by atoms with Crippen LogP contribution in [0.4, 0.5) is 11.5 Å². The summed E-state index contributed by atoms with van der Waals surface area (Å²) in [6, 6.07) is 19.1. The maximum atomic E-state index is 12.3. The summed E-state index contributed by atoms with van der Waals surface area (Å²) in [6.07, 6.45) is 2.07. The molecule has 1 saturated carbocycles. The van der Waals surface area contributed by atoms with Crippen LogP contribution in [0.2, 0.25) is 0 Å². The SMILES string of the molecule is Cc1nc(Nc2ccccc2Oc2ccccc2)cc(C(=O)NC2CC2)n1. The highest BCUT2D eigenvalue weighted by atomic mass is 16.5. The molecule has 6 nitrogen and oxygen atoms in total. The average molecular weight is 360 g/mol. The lowest BCUT2D eigenvalue weighted by atomic mass is 10.2. The Kier molecular flexibility index (Phi) is 4.70. The maximum absolute atomic E-state index is 12.3. The molecule has 0 spiro atoms. The van der Waals surface area contributed by atoms with Crippen LogP contribution in [0.15, 0.2) is 60.7 Å². The Hall–Kier alpha value is -3.41. The molecule has 136 valence electrons. The molecular formula is C21H20N4O2. The fourth-order valence-electron chi connectivity index (χ4n) is 2.65. The molecular weight excluding hydrogens is 340 g/mol. The summed E-state index contributed by atoms with van der Waals surface area (Å²) in [5.41, 5.74) is 1.12. The van der Waals surface area contributed by atoms with Crippen LogP contribution >= 0.6 is 0 Å². The lowest BCUT2D eigenvalue weighted by Crippen LogP contribution is -2.26. The number of rotatable bonds is 6. The zero-order valence-electron chi connectivity index (χ0n) is 15.0. The number of benzene rings is 2. The normalized spacial score (nSPS) is 13.1. The number of hydrogen-bond donors (Lipinski definition) is 2. The van der Waals surface area contributed by atoms with Crippen LogP contribution in [0, 0.1) is 6.92 Å². The Bertz CT molecular complexity index is 955. The first-order chi connectivity index (χ1) is 13.2. The summed E-state index contributed by atoms with van der Waals surface area (Å²) in [4.78, 5) is 21.0. The number of anilines is 2. The van der Waals surface area contributed by atoms with Crippen molar-refractivity contribution in [3.8, 4) is 11.5 Å². The molecule has 1 amide bonds. The Labute approximate surface area is 157 Å². The van der Waals surface area contributed by atoms with Gasteiger partial charge in [0.1, 0.15) is 23.1 Å². The minimum Gasteiger partial charge on any atom is -0.455 e. The van der Waals surface area contributed by atoms with E-state index in [0.29, 0.717) is 23.1 Å². The lowest BCUT2D eigenvalue weighted by Gasteiger charge is -2.13. The smallest absolute Gasteiger partial charge is 0.270 e. The molecule has 1 heterocycles. The number of aryl methyl sites for hydroxylation is 1. The fourth-order valence-corrected chi connectivity index (χ4v) is 2.65. The summed E-state index contributed by atoms with van der Waals surface area (Å²) in [5.74, 6) is 2.33. The fraction of sp³-hybridized carbons (Fsp3) is 0.190. The van der Waals surface area contributed by atoms with Crippen molar-refractivity contribution in [2.75, 3.05) is 5.32 Å². The Balaban J connectivity index is 1.57. The molecule has 1 fully saturated rings. The van der Waals surface area contributed by atoms with Crippen LogP contribution in [0.25, 0.3) is 0 Å². The van der Waals surface area contributed by atoms with Gasteiger partial charge < -0.3 is 15.4 Å². The average Bonchev–Trinajstić information content (AvgIpc) is 3.48. The van der Waals surface area contributed by atoms with Gasteiger partial charge >= 0.3 is 0 Å². The highest BCUT2D eigenvalue weighted by Gasteiger charge is 2.24. The summed E-state index contributed by atoms with van der Waals surface area (Å²) >= 11 is 0. The van der Waals surface area contributed by atoms with Crippen LogP contribution in [0.1, 0.15) is 29.2 Å². The van der Waals surface area contributed by atoms with E-state index in [1.165, 1.54) is 0 Å². The number of amides is 1. The van der Waals surface area contributed by atoms with E-state index in [1.807, 2.05) is 54.6 Å². The number of carbonyl (C=O) groups is 1. The first-order valence-electron chi connectivity index (χ1n) is 8.93. The molecule has 2 aromatic carbocycles. The first kappa shape index (κ1) is 17.0. The molecule has 0 radical (unpaired) electrons. The predicted octanol–water partition coefficient (Wildman–Crippen LogP) is 4.21. The molecule has 1 aromatic heterocycles. The van der Waals surface area contributed by atoms with Gasteiger partial charge in [-0.15, -0.1) is 0 Å². The number of nitrogens with one attached hydrogen (secondary N) is 2. The molecule has 3 aromatic rings. The molecule has 0 aliphatic heterocycles. The highest BCUT2D eigenvalue weighted by molar-refractivity contribution is 5.93. The van der Waals surface area contributed by atoms with Crippen molar-refractivity contribution in [1.29, 1.82) is 0 Å². The maximum Gasteiger partial charge on any atom is 0.270 e. The van der Waals surface area contributed by atoms with Crippen molar-refractivity contribution in [2.45, 2.75) is 25.8 Å². The topological polar surface area (TPSA) is 76.1 Å². The second-order valence-corrected chi connectivity index (χ2v) is 6.47. The molecule has 1 aliphatic carbocycles. The zero-order valence-corrected chi connectivity index (χ0v) is 15.0. The van der Waals surface area contributed by atoms with Gasteiger partial charge in [-0.05, 0) is 44.0 Å². The highest BCUT2D eigenvalue weighted by Crippen LogP contribution is 2.31. The summed E-state index contributed by atoms with van der Waals surface area (Å²) in [6.45, 7) is 1.77. The molecule has 0 bridgehead atoms. The number of para-hydroxylation sites is 3. The standard InChI is InChI=1S/C21H20N4O2/c1-14-22-18(21(26)24-15-11-12-15)13-20(23-14)25-17-9-5-6-10-19(17)27-16-7-3-2-4-8-16/h2-10,13,15H,11-12H2,1H3,(H,24,26)(H,22,23,25). The molecule has 6 heteroatoms. The van der Waals surface area contributed by atoms with Crippen LogP contribution in [0.5, 0.6) is 11.5 Å². The number of ether oxygens (including phenoxy) is 1.